The average molecular weight is 261 g/mol. The second-order valence-electron chi connectivity index (χ2n) is 3.96. The van der Waals surface area contributed by atoms with Crippen LogP contribution in [0.1, 0.15) is 21.5 Å². The first-order chi connectivity index (χ1) is 9.81. The summed E-state index contributed by atoms with van der Waals surface area (Å²) in [4.78, 5) is 14.8. The molecule has 0 aliphatic rings. The van der Waals surface area contributed by atoms with Gasteiger partial charge in [0, 0.05) is 21.6 Å². The molecule has 2 aromatic carbocycles. The van der Waals surface area contributed by atoms with E-state index in [2.05, 4.69) is 21.9 Å². The predicted octanol–water partition coefficient (Wildman–Crippen LogP) is 3.58. The number of hydrogen-bond donors (Lipinski definition) is 0. The maximum atomic E-state index is 12.2. The predicted molar refractivity (Wildman–Crippen MR) is 77.2 cm³/mol. The third-order valence-corrected chi connectivity index (χ3v) is 2.63. The zero-order valence-corrected chi connectivity index (χ0v) is 10.7. The minimum atomic E-state index is -0.0146. The molecule has 20 heavy (non-hydrogen) atoms. The average Bonchev–Trinajstić information content (AvgIpc) is 2.52. The Bertz CT molecular complexity index is 703. The molecule has 0 aliphatic heterocycles. The van der Waals surface area contributed by atoms with E-state index in [-0.39, 0.29) is 12.3 Å². The Labute approximate surface area is 116 Å². The summed E-state index contributed by atoms with van der Waals surface area (Å²) in [7, 11) is 0. The van der Waals surface area contributed by atoms with Gasteiger partial charge < -0.3 is 0 Å². The van der Waals surface area contributed by atoms with Gasteiger partial charge in [-0.1, -0.05) is 47.3 Å². The van der Waals surface area contributed by atoms with E-state index in [1.54, 1.807) is 36.4 Å². The van der Waals surface area contributed by atoms with Crippen LogP contribution in [0.3, 0.4) is 0 Å². The van der Waals surface area contributed by atoms with Crippen LogP contribution >= 0.6 is 0 Å². The normalized spacial score (nSPS) is 9.00. The molecule has 0 unspecified atom stereocenters. The fourth-order valence-corrected chi connectivity index (χ4v) is 1.67. The lowest BCUT2D eigenvalue weighted by Crippen LogP contribution is -2.00. The van der Waals surface area contributed by atoms with Crippen molar-refractivity contribution >= 4 is 5.78 Å². The van der Waals surface area contributed by atoms with Gasteiger partial charge in [0.1, 0.15) is 0 Å². The van der Waals surface area contributed by atoms with Crippen LogP contribution in [0, 0.1) is 11.8 Å². The molecule has 0 heterocycles. The number of carbonyl (C=O) groups excluding carboxylic acids is 1. The van der Waals surface area contributed by atoms with E-state index < -0.39 is 0 Å². The van der Waals surface area contributed by atoms with E-state index in [9.17, 15) is 4.79 Å². The van der Waals surface area contributed by atoms with Gasteiger partial charge in [0.25, 0.3) is 0 Å². The van der Waals surface area contributed by atoms with Crippen molar-refractivity contribution in [3.8, 4) is 11.8 Å². The molecule has 0 radical (unpaired) electrons. The van der Waals surface area contributed by atoms with Crippen molar-refractivity contribution < 1.29 is 4.79 Å². The van der Waals surface area contributed by atoms with Crippen molar-refractivity contribution in [3.05, 3.63) is 81.7 Å². The Morgan fingerprint density at radius 1 is 1.05 bits per heavy atom. The van der Waals surface area contributed by atoms with Gasteiger partial charge in [0.15, 0.2) is 5.78 Å². The molecule has 0 saturated heterocycles. The molecular weight excluding hydrogens is 250 g/mol. The third kappa shape index (κ3) is 3.49. The van der Waals surface area contributed by atoms with Crippen LogP contribution in [-0.2, 0) is 0 Å². The van der Waals surface area contributed by atoms with Crippen molar-refractivity contribution in [2.75, 3.05) is 6.54 Å². The quantitative estimate of drug-likeness (QED) is 0.274. The molecule has 0 bridgehead atoms. The van der Waals surface area contributed by atoms with Crippen LogP contribution in [-0.4, -0.2) is 12.3 Å². The van der Waals surface area contributed by atoms with E-state index >= 15 is 0 Å². The summed E-state index contributed by atoms with van der Waals surface area (Å²) in [6.07, 6.45) is 0. The number of azide groups is 1. The minimum Gasteiger partial charge on any atom is -0.289 e. The molecule has 0 atom stereocenters. The number of hydrogen-bond acceptors (Lipinski definition) is 2. The first kappa shape index (κ1) is 13.4. The maximum absolute atomic E-state index is 12.2. The number of ketones is 1. The standard InChI is InChI=1S/C16H11N3O/c17-19-18-12-4-5-13-8-10-15(11-9-13)16(20)14-6-2-1-3-7-14/h1-3,6-11H,12H2. The molecule has 0 aliphatic carbocycles. The fraction of sp³-hybridized carbons (Fsp3) is 0.0625. The zero-order chi connectivity index (χ0) is 14.2. The van der Waals surface area contributed by atoms with E-state index in [4.69, 9.17) is 5.53 Å². The molecule has 0 N–H and O–H groups in total. The SMILES string of the molecule is [N-]=[N+]=NCC#Cc1ccc(C(=O)c2ccccc2)cc1. The first-order valence-corrected chi connectivity index (χ1v) is 6.01. The molecule has 2 rings (SSSR count). The Morgan fingerprint density at radius 3 is 2.35 bits per heavy atom. The number of rotatable bonds is 3. The summed E-state index contributed by atoms with van der Waals surface area (Å²) >= 11 is 0. The van der Waals surface area contributed by atoms with Crippen LogP contribution in [0.15, 0.2) is 59.7 Å². The molecule has 0 amide bonds. The molecule has 2 aromatic rings. The van der Waals surface area contributed by atoms with Crippen LogP contribution in [0.25, 0.3) is 10.4 Å². The highest BCUT2D eigenvalue weighted by molar-refractivity contribution is 6.08. The van der Waals surface area contributed by atoms with Crippen molar-refractivity contribution in [2.24, 2.45) is 5.11 Å². The number of carbonyl (C=O) groups is 1. The summed E-state index contributed by atoms with van der Waals surface area (Å²) in [5, 5.41) is 3.33. The Morgan fingerprint density at radius 2 is 1.70 bits per heavy atom. The van der Waals surface area contributed by atoms with Crippen molar-refractivity contribution in [3.63, 3.8) is 0 Å². The number of benzene rings is 2. The lowest BCUT2D eigenvalue weighted by atomic mass is 10.0. The first-order valence-electron chi connectivity index (χ1n) is 6.01. The van der Waals surface area contributed by atoms with Gasteiger partial charge in [-0.3, -0.25) is 4.79 Å². The highest BCUT2D eigenvalue weighted by Crippen LogP contribution is 2.10. The zero-order valence-electron chi connectivity index (χ0n) is 10.7. The number of nitrogens with zero attached hydrogens (tertiary/aromatic N) is 3. The van der Waals surface area contributed by atoms with Crippen LogP contribution in [0.4, 0.5) is 0 Å². The summed E-state index contributed by atoms with van der Waals surface area (Å²) in [6.45, 7) is 0.140. The topological polar surface area (TPSA) is 65.8 Å². The highest BCUT2D eigenvalue weighted by Gasteiger charge is 2.07. The largest absolute Gasteiger partial charge is 0.289 e. The van der Waals surface area contributed by atoms with Crippen LogP contribution in [0.2, 0.25) is 0 Å². The Hall–Kier alpha value is -3.02. The lowest BCUT2D eigenvalue weighted by Gasteiger charge is -2.00. The highest BCUT2D eigenvalue weighted by atomic mass is 16.1. The maximum Gasteiger partial charge on any atom is 0.193 e. The molecule has 0 spiro atoms. The van der Waals surface area contributed by atoms with E-state index in [1.807, 2.05) is 18.2 Å². The Kier molecular flexibility index (Phi) is 4.55. The van der Waals surface area contributed by atoms with Crippen molar-refractivity contribution in [2.45, 2.75) is 0 Å². The van der Waals surface area contributed by atoms with Gasteiger partial charge in [-0.05, 0) is 29.8 Å². The van der Waals surface area contributed by atoms with Gasteiger partial charge in [0.05, 0.1) is 6.54 Å². The minimum absolute atomic E-state index is 0.0146. The van der Waals surface area contributed by atoms with E-state index in [0.717, 1.165) is 5.56 Å². The van der Waals surface area contributed by atoms with Gasteiger partial charge in [-0.25, -0.2) is 0 Å². The second kappa shape index (κ2) is 6.79. The summed E-state index contributed by atoms with van der Waals surface area (Å²) < 4.78 is 0. The van der Waals surface area contributed by atoms with Crippen LogP contribution in [0.5, 0.6) is 0 Å². The molecule has 96 valence electrons. The van der Waals surface area contributed by atoms with Crippen molar-refractivity contribution in [1.29, 1.82) is 0 Å². The summed E-state index contributed by atoms with van der Waals surface area (Å²) in [6, 6.07) is 16.2. The molecule has 0 fully saturated rings. The van der Waals surface area contributed by atoms with Gasteiger partial charge >= 0.3 is 0 Å². The monoisotopic (exact) mass is 261 g/mol. The molecular formula is C16H11N3O. The third-order valence-electron chi connectivity index (χ3n) is 2.63. The second-order valence-corrected chi connectivity index (χ2v) is 3.96. The lowest BCUT2D eigenvalue weighted by molar-refractivity contribution is 0.103. The van der Waals surface area contributed by atoms with Gasteiger partial charge in [-0.2, -0.15) is 0 Å². The summed E-state index contributed by atoms with van der Waals surface area (Å²) in [5.74, 6) is 5.57. The summed E-state index contributed by atoms with van der Waals surface area (Å²) in [5.41, 5.74) is 10.2. The van der Waals surface area contributed by atoms with Gasteiger partial charge in [0.2, 0.25) is 0 Å². The molecule has 0 saturated carbocycles. The molecule has 4 nitrogen and oxygen atoms in total. The molecule has 0 aromatic heterocycles. The van der Waals surface area contributed by atoms with E-state index in [0.29, 0.717) is 11.1 Å². The van der Waals surface area contributed by atoms with Crippen molar-refractivity contribution in [1.82, 2.24) is 0 Å². The molecule has 4 heteroatoms. The van der Waals surface area contributed by atoms with E-state index in [1.165, 1.54) is 0 Å². The van der Waals surface area contributed by atoms with Gasteiger partial charge in [-0.15, -0.1) is 0 Å². The van der Waals surface area contributed by atoms with Crippen LogP contribution < -0.4 is 0 Å². The fourth-order valence-electron chi connectivity index (χ4n) is 1.67. The Balaban J connectivity index is 2.13. The smallest absolute Gasteiger partial charge is 0.193 e.